The SMILES string of the molecule is Nc1cccc(C(=O)c2nn(-c3ccc(Cl)cc3)ccc2=O)c1. The van der Waals surface area contributed by atoms with Crippen LogP contribution in [0.2, 0.25) is 5.02 Å². The summed E-state index contributed by atoms with van der Waals surface area (Å²) in [4.78, 5) is 24.5. The van der Waals surface area contributed by atoms with Gasteiger partial charge in [0.25, 0.3) is 0 Å². The molecule has 1 aromatic heterocycles. The summed E-state index contributed by atoms with van der Waals surface area (Å²) in [6, 6.07) is 14.6. The topological polar surface area (TPSA) is 78.0 Å². The van der Waals surface area contributed by atoms with Crippen molar-refractivity contribution < 1.29 is 4.79 Å². The molecular weight excluding hydrogens is 314 g/mol. The molecule has 0 bridgehead atoms. The molecule has 0 unspecified atom stereocenters. The highest BCUT2D eigenvalue weighted by molar-refractivity contribution is 6.30. The fourth-order valence-electron chi connectivity index (χ4n) is 2.12. The molecule has 0 saturated heterocycles. The molecule has 0 atom stereocenters. The molecule has 23 heavy (non-hydrogen) atoms. The van der Waals surface area contributed by atoms with Crippen LogP contribution in [0, 0.1) is 0 Å². The van der Waals surface area contributed by atoms with Crippen LogP contribution in [0.1, 0.15) is 16.1 Å². The molecule has 0 aliphatic carbocycles. The van der Waals surface area contributed by atoms with Gasteiger partial charge >= 0.3 is 0 Å². The second kappa shape index (κ2) is 6.06. The van der Waals surface area contributed by atoms with Crippen molar-refractivity contribution in [2.45, 2.75) is 0 Å². The number of hydrogen-bond acceptors (Lipinski definition) is 4. The number of benzene rings is 2. The van der Waals surface area contributed by atoms with Crippen LogP contribution in [0.25, 0.3) is 5.69 Å². The van der Waals surface area contributed by atoms with E-state index < -0.39 is 11.2 Å². The molecule has 0 spiro atoms. The first-order chi connectivity index (χ1) is 11.0. The molecule has 0 amide bonds. The molecule has 0 radical (unpaired) electrons. The van der Waals surface area contributed by atoms with E-state index in [1.54, 1.807) is 42.5 Å². The number of nitrogens with two attached hydrogens (primary N) is 1. The number of hydrogen-bond donors (Lipinski definition) is 1. The fraction of sp³-hybridized carbons (Fsp3) is 0. The highest BCUT2D eigenvalue weighted by Crippen LogP contribution is 2.13. The Hall–Kier alpha value is -2.92. The normalized spacial score (nSPS) is 10.5. The van der Waals surface area contributed by atoms with Crippen molar-refractivity contribution in [2.75, 3.05) is 5.73 Å². The van der Waals surface area contributed by atoms with Crippen molar-refractivity contribution in [3.8, 4) is 5.69 Å². The molecule has 0 aliphatic rings. The molecule has 1 heterocycles. The number of ketones is 1. The standard InChI is InChI=1S/C17H12ClN3O2/c18-12-4-6-14(7-5-12)21-9-8-15(22)16(20-21)17(23)11-2-1-3-13(19)10-11/h1-10H,19H2. The van der Waals surface area contributed by atoms with Crippen LogP contribution in [-0.2, 0) is 0 Å². The lowest BCUT2D eigenvalue weighted by molar-refractivity contribution is 0.103. The van der Waals surface area contributed by atoms with E-state index >= 15 is 0 Å². The molecule has 2 aromatic carbocycles. The minimum absolute atomic E-state index is 0.159. The van der Waals surface area contributed by atoms with Gasteiger partial charge in [0.2, 0.25) is 11.2 Å². The predicted octanol–water partition coefficient (Wildman–Crippen LogP) is 2.70. The Balaban J connectivity index is 2.06. The van der Waals surface area contributed by atoms with Crippen molar-refractivity contribution in [2.24, 2.45) is 0 Å². The minimum atomic E-state index is -0.467. The summed E-state index contributed by atoms with van der Waals surface area (Å²) < 4.78 is 1.46. The van der Waals surface area contributed by atoms with Gasteiger partial charge in [0.05, 0.1) is 5.69 Å². The Morgan fingerprint density at radius 2 is 1.83 bits per heavy atom. The summed E-state index contributed by atoms with van der Waals surface area (Å²) in [6.07, 6.45) is 1.50. The second-order valence-corrected chi connectivity index (χ2v) is 5.34. The van der Waals surface area contributed by atoms with Gasteiger partial charge in [0.1, 0.15) is 0 Å². The van der Waals surface area contributed by atoms with Crippen LogP contribution in [-0.4, -0.2) is 15.6 Å². The van der Waals surface area contributed by atoms with Gasteiger partial charge in [0.15, 0.2) is 5.69 Å². The van der Waals surface area contributed by atoms with Gasteiger partial charge < -0.3 is 5.73 Å². The third kappa shape index (κ3) is 3.14. The van der Waals surface area contributed by atoms with E-state index in [-0.39, 0.29) is 5.69 Å². The molecule has 0 fully saturated rings. The average molecular weight is 326 g/mol. The van der Waals surface area contributed by atoms with Crippen LogP contribution in [0.4, 0.5) is 5.69 Å². The highest BCUT2D eigenvalue weighted by atomic mass is 35.5. The van der Waals surface area contributed by atoms with E-state index in [4.69, 9.17) is 17.3 Å². The number of aromatic nitrogens is 2. The Labute approximate surface area is 136 Å². The lowest BCUT2D eigenvalue weighted by atomic mass is 10.1. The maximum Gasteiger partial charge on any atom is 0.217 e. The maximum absolute atomic E-state index is 12.5. The van der Waals surface area contributed by atoms with Gasteiger partial charge in [-0.2, -0.15) is 5.10 Å². The number of carbonyl (C=O) groups is 1. The van der Waals surface area contributed by atoms with Crippen LogP contribution < -0.4 is 11.2 Å². The third-order valence-corrected chi connectivity index (χ3v) is 3.52. The van der Waals surface area contributed by atoms with Gasteiger partial charge in [-0.25, -0.2) is 4.68 Å². The number of nitrogen functional groups attached to an aromatic ring is 1. The summed E-state index contributed by atoms with van der Waals surface area (Å²) in [6.45, 7) is 0. The summed E-state index contributed by atoms with van der Waals surface area (Å²) in [5.74, 6) is -0.467. The fourth-order valence-corrected chi connectivity index (χ4v) is 2.25. The Morgan fingerprint density at radius 1 is 1.09 bits per heavy atom. The van der Waals surface area contributed by atoms with Gasteiger partial charge in [-0.05, 0) is 36.4 Å². The van der Waals surface area contributed by atoms with Gasteiger partial charge in [-0.3, -0.25) is 9.59 Å². The molecule has 6 heteroatoms. The lowest BCUT2D eigenvalue weighted by Crippen LogP contribution is -2.21. The van der Waals surface area contributed by atoms with Gasteiger partial charge in [-0.1, -0.05) is 23.7 Å². The van der Waals surface area contributed by atoms with Crippen LogP contribution in [0.3, 0.4) is 0 Å². The van der Waals surface area contributed by atoms with Gasteiger partial charge in [-0.15, -0.1) is 0 Å². The summed E-state index contributed by atoms with van der Waals surface area (Å²) in [5, 5.41) is 4.74. The van der Waals surface area contributed by atoms with Crippen LogP contribution in [0.5, 0.6) is 0 Å². The van der Waals surface area contributed by atoms with Crippen LogP contribution in [0.15, 0.2) is 65.6 Å². The van der Waals surface area contributed by atoms with Crippen molar-refractivity contribution >= 4 is 23.1 Å². The van der Waals surface area contributed by atoms with E-state index in [2.05, 4.69) is 5.10 Å². The maximum atomic E-state index is 12.5. The van der Waals surface area contributed by atoms with E-state index in [1.165, 1.54) is 23.0 Å². The zero-order valence-electron chi connectivity index (χ0n) is 11.9. The molecule has 3 aromatic rings. The van der Waals surface area contributed by atoms with Crippen molar-refractivity contribution in [1.29, 1.82) is 0 Å². The first kappa shape index (κ1) is 15.0. The summed E-state index contributed by atoms with van der Waals surface area (Å²) in [7, 11) is 0. The predicted molar refractivity (Wildman–Crippen MR) is 89.1 cm³/mol. The number of nitrogens with zero attached hydrogens (tertiary/aromatic N) is 2. The molecule has 0 aliphatic heterocycles. The smallest absolute Gasteiger partial charge is 0.217 e. The molecule has 5 nitrogen and oxygen atoms in total. The van der Waals surface area contributed by atoms with Crippen LogP contribution >= 0.6 is 11.6 Å². The average Bonchev–Trinajstić information content (AvgIpc) is 2.55. The number of carbonyl (C=O) groups excluding carboxylic acids is 1. The Bertz CT molecular complexity index is 933. The van der Waals surface area contributed by atoms with Gasteiger partial charge in [0, 0.05) is 28.5 Å². The molecule has 114 valence electrons. The summed E-state index contributed by atoms with van der Waals surface area (Å²) in [5.41, 5.74) is 6.54. The van der Waals surface area contributed by atoms with Crippen molar-refractivity contribution in [1.82, 2.24) is 9.78 Å². The van der Waals surface area contributed by atoms with E-state index in [0.29, 0.717) is 22.0 Å². The first-order valence-electron chi connectivity index (χ1n) is 6.81. The number of anilines is 1. The Morgan fingerprint density at radius 3 is 2.52 bits per heavy atom. The number of rotatable bonds is 3. The molecule has 3 rings (SSSR count). The Kier molecular flexibility index (Phi) is 3.95. The minimum Gasteiger partial charge on any atom is -0.399 e. The third-order valence-electron chi connectivity index (χ3n) is 3.26. The lowest BCUT2D eigenvalue weighted by Gasteiger charge is -2.07. The zero-order chi connectivity index (χ0) is 16.4. The zero-order valence-corrected chi connectivity index (χ0v) is 12.7. The van der Waals surface area contributed by atoms with E-state index in [1.807, 2.05) is 0 Å². The quantitative estimate of drug-likeness (QED) is 0.593. The van der Waals surface area contributed by atoms with E-state index in [9.17, 15) is 9.59 Å². The van der Waals surface area contributed by atoms with Crippen molar-refractivity contribution in [3.63, 3.8) is 0 Å². The molecule has 2 N–H and O–H groups in total. The monoisotopic (exact) mass is 325 g/mol. The largest absolute Gasteiger partial charge is 0.399 e. The molecular formula is C17H12ClN3O2. The summed E-state index contributed by atoms with van der Waals surface area (Å²) >= 11 is 5.86. The highest BCUT2D eigenvalue weighted by Gasteiger charge is 2.16. The molecule has 0 saturated carbocycles. The second-order valence-electron chi connectivity index (χ2n) is 4.90. The first-order valence-corrected chi connectivity index (χ1v) is 7.18. The van der Waals surface area contributed by atoms with E-state index in [0.717, 1.165) is 0 Å². The number of halogens is 1. The van der Waals surface area contributed by atoms with Crippen molar-refractivity contribution in [3.05, 3.63) is 87.3 Å².